The third kappa shape index (κ3) is 2.01. The Hall–Kier alpha value is -3.12. The first-order valence-corrected chi connectivity index (χ1v) is 9.39. The predicted molar refractivity (Wildman–Crippen MR) is 104 cm³/mol. The van der Waals surface area contributed by atoms with Crippen molar-refractivity contribution in [3.8, 4) is 34.1 Å². The van der Waals surface area contributed by atoms with Crippen molar-refractivity contribution in [2.75, 3.05) is 32.1 Å². The second-order valence-electron chi connectivity index (χ2n) is 7.29. The number of nitrogens with zero attached hydrogens (tertiary/aromatic N) is 1. The van der Waals surface area contributed by atoms with Gasteiger partial charge >= 0.3 is 0 Å². The number of ether oxygens (including phenoxy) is 4. The highest BCUT2D eigenvalue weighted by Crippen LogP contribution is 2.54. The number of hydrogen-bond acceptors (Lipinski definition) is 6. The first-order chi connectivity index (χ1) is 13.8. The molecule has 6 rings (SSSR count). The number of aliphatic hydroxyl groups excluding tert-OH is 1. The van der Waals surface area contributed by atoms with E-state index in [0.29, 0.717) is 6.42 Å². The Bertz CT molecular complexity index is 1130. The molecule has 3 heterocycles. The number of fused-ring (bicyclic) bond motifs is 8. The molecule has 0 bridgehead atoms. The van der Waals surface area contributed by atoms with Crippen LogP contribution in [0.4, 0.5) is 5.69 Å². The van der Waals surface area contributed by atoms with Crippen LogP contribution in [-0.4, -0.2) is 32.3 Å². The number of anilines is 1. The highest BCUT2D eigenvalue weighted by molar-refractivity contribution is 6.05. The number of aliphatic hydroxyl groups is 1. The molecule has 142 valence electrons. The van der Waals surface area contributed by atoms with Gasteiger partial charge in [-0.2, -0.15) is 0 Å². The van der Waals surface area contributed by atoms with Crippen LogP contribution < -0.4 is 23.8 Å². The molecule has 0 amide bonds. The highest BCUT2D eigenvalue weighted by atomic mass is 16.7. The van der Waals surface area contributed by atoms with Crippen LogP contribution in [0.5, 0.6) is 23.0 Å². The molecule has 0 saturated carbocycles. The summed E-state index contributed by atoms with van der Waals surface area (Å²) in [5.74, 6) is 3.10. The zero-order chi connectivity index (χ0) is 18.8. The third-order valence-electron chi connectivity index (χ3n) is 5.91. The Balaban J connectivity index is 1.66. The minimum Gasteiger partial charge on any atom is -0.454 e. The van der Waals surface area contributed by atoms with Crippen LogP contribution in [0.2, 0.25) is 0 Å². The second kappa shape index (κ2) is 5.69. The number of hydrogen-bond donors (Lipinski definition) is 1. The summed E-state index contributed by atoms with van der Waals surface area (Å²) >= 11 is 0. The summed E-state index contributed by atoms with van der Waals surface area (Å²) in [5.41, 5.74) is 4.46. The molecule has 3 aromatic rings. The average molecular weight is 377 g/mol. The van der Waals surface area contributed by atoms with Crippen LogP contribution in [0.1, 0.15) is 18.0 Å². The Morgan fingerprint density at radius 1 is 0.929 bits per heavy atom. The van der Waals surface area contributed by atoms with Gasteiger partial charge in [0.25, 0.3) is 0 Å². The van der Waals surface area contributed by atoms with Crippen molar-refractivity contribution in [2.45, 2.75) is 12.5 Å². The summed E-state index contributed by atoms with van der Waals surface area (Å²) in [6.45, 7) is 0.573. The molecule has 1 N–H and O–H groups in total. The number of rotatable bonds is 2. The molecule has 0 fully saturated rings. The summed E-state index contributed by atoms with van der Waals surface area (Å²) in [6.07, 6.45) is 0.601. The van der Waals surface area contributed by atoms with Crippen molar-refractivity contribution in [3.63, 3.8) is 0 Å². The van der Waals surface area contributed by atoms with Crippen molar-refractivity contribution in [1.82, 2.24) is 0 Å². The molecular formula is C22H19NO5. The predicted octanol–water partition coefficient (Wildman–Crippen LogP) is 3.84. The molecule has 0 aromatic heterocycles. The van der Waals surface area contributed by atoms with Crippen molar-refractivity contribution in [3.05, 3.63) is 42.0 Å². The third-order valence-corrected chi connectivity index (χ3v) is 5.91. The summed E-state index contributed by atoms with van der Waals surface area (Å²) in [7, 11) is 2.07. The normalized spacial score (nSPS) is 18.4. The molecular weight excluding hydrogens is 358 g/mol. The van der Waals surface area contributed by atoms with Gasteiger partial charge in [0.1, 0.15) is 0 Å². The van der Waals surface area contributed by atoms with Gasteiger partial charge in [-0.1, -0.05) is 12.1 Å². The SMILES string of the molecule is CN1c2c(ccc3cc4c(cc23)OCO4)-c2ccc3c(c2[C@@H]1CCO)OCO3. The second-order valence-corrected chi connectivity index (χ2v) is 7.29. The standard InChI is InChI=1S/C22H19NO5/c1-23-16(6-7-24)20-13(4-5-17-22(20)28-11-25-17)14-3-2-12-8-18-19(27-10-26-18)9-15(12)21(14)23/h2-5,8-9,16,24H,6-7,10-11H2,1H3/t16-/m0/s1. The monoisotopic (exact) mass is 377 g/mol. The maximum absolute atomic E-state index is 9.76. The first-order valence-electron chi connectivity index (χ1n) is 9.39. The van der Waals surface area contributed by atoms with Gasteiger partial charge in [0, 0.05) is 30.2 Å². The van der Waals surface area contributed by atoms with Crippen LogP contribution in [-0.2, 0) is 0 Å². The van der Waals surface area contributed by atoms with Gasteiger partial charge < -0.3 is 29.0 Å². The van der Waals surface area contributed by atoms with Gasteiger partial charge in [-0.3, -0.25) is 0 Å². The molecule has 1 atom stereocenters. The van der Waals surface area contributed by atoms with Crippen LogP contribution in [0.15, 0.2) is 36.4 Å². The smallest absolute Gasteiger partial charge is 0.231 e. The highest BCUT2D eigenvalue weighted by Gasteiger charge is 2.35. The molecule has 0 spiro atoms. The lowest BCUT2D eigenvalue weighted by Gasteiger charge is -2.38. The van der Waals surface area contributed by atoms with Gasteiger partial charge in [0.05, 0.1) is 11.7 Å². The summed E-state index contributed by atoms with van der Waals surface area (Å²) < 4.78 is 22.6. The Morgan fingerprint density at radius 3 is 2.54 bits per heavy atom. The molecule has 28 heavy (non-hydrogen) atoms. The summed E-state index contributed by atoms with van der Waals surface area (Å²) in [4.78, 5) is 2.24. The van der Waals surface area contributed by atoms with Gasteiger partial charge in [0.15, 0.2) is 23.0 Å². The largest absolute Gasteiger partial charge is 0.454 e. The van der Waals surface area contributed by atoms with Crippen molar-refractivity contribution in [1.29, 1.82) is 0 Å². The van der Waals surface area contributed by atoms with E-state index in [1.807, 2.05) is 12.1 Å². The lowest BCUT2D eigenvalue weighted by Crippen LogP contribution is -2.29. The molecule has 3 aliphatic heterocycles. The quantitative estimate of drug-likeness (QED) is 0.732. The molecule has 3 aromatic carbocycles. The molecule has 0 unspecified atom stereocenters. The zero-order valence-corrected chi connectivity index (χ0v) is 15.4. The number of benzene rings is 3. The van der Waals surface area contributed by atoms with Crippen molar-refractivity contribution < 1.29 is 24.1 Å². The van der Waals surface area contributed by atoms with Gasteiger partial charge in [0.2, 0.25) is 13.6 Å². The summed E-state index contributed by atoms with van der Waals surface area (Å²) in [5, 5.41) is 12.0. The molecule has 0 radical (unpaired) electrons. The zero-order valence-electron chi connectivity index (χ0n) is 15.4. The summed E-state index contributed by atoms with van der Waals surface area (Å²) in [6, 6.07) is 12.4. The molecule has 6 heteroatoms. The van der Waals surface area contributed by atoms with Crippen LogP contribution in [0, 0.1) is 0 Å². The lowest BCUT2D eigenvalue weighted by molar-refractivity contribution is 0.172. The van der Waals surface area contributed by atoms with Crippen molar-refractivity contribution in [2.24, 2.45) is 0 Å². The van der Waals surface area contributed by atoms with Crippen LogP contribution >= 0.6 is 0 Å². The first kappa shape index (κ1) is 15.9. The van der Waals surface area contributed by atoms with E-state index in [0.717, 1.165) is 56.1 Å². The fraction of sp³-hybridized carbons (Fsp3) is 0.273. The van der Waals surface area contributed by atoms with Gasteiger partial charge in [-0.05, 0) is 41.6 Å². The molecule has 3 aliphatic rings. The average Bonchev–Trinajstić information content (AvgIpc) is 3.36. The van der Waals surface area contributed by atoms with Crippen LogP contribution in [0.25, 0.3) is 21.9 Å². The minimum atomic E-state index is -0.0137. The van der Waals surface area contributed by atoms with Gasteiger partial charge in [-0.15, -0.1) is 0 Å². The molecule has 0 saturated heterocycles. The molecule has 6 nitrogen and oxygen atoms in total. The maximum Gasteiger partial charge on any atom is 0.231 e. The van der Waals surface area contributed by atoms with E-state index in [2.05, 4.69) is 36.2 Å². The Labute approximate surface area is 161 Å². The lowest BCUT2D eigenvalue weighted by atomic mass is 9.84. The Morgan fingerprint density at radius 2 is 1.68 bits per heavy atom. The minimum absolute atomic E-state index is 0.0137. The topological polar surface area (TPSA) is 60.4 Å². The van der Waals surface area contributed by atoms with E-state index in [1.54, 1.807) is 0 Å². The Kier molecular flexibility index (Phi) is 3.23. The van der Waals surface area contributed by atoms with Crippen molar-refractivity contribution >= 4 is 16.5 Å². The fourth-order valence-corrected chi connectivity index (χ4v) is 4.66. The van der Waals surface area contributed by atoms with E-state index < -0.39 is 0 Å². The van der Waals surface area contributed by atoms with E-state index in [-0.39, 0.29) is 26.2 Å². The van der Waals surface area contributed by atoms with E-state index in [1.165, 1.54) is 0 Å². The van der Waals surface area contributed by atoms with E-state index in [9.17, 15) is 5.11 Å². The maximum atomic E-state index is 9.76. The van der Waals surface area contributed by atoms with Gasteiger partial charge in [-0.25, -0.2) is 0 Å². The molecule has 0 aliphatic carbocycles. The van der Waals surface area contributed by atoms with E-state index >= 15 is 0 Å². The van der Waals surface area contributed by atoms with Crippen LogP contribution in [0.3, 0.4) is 0 Å². The fourth-order valence-electron chi connectivity index (χ4n) is 4.66. The van der Waals surface area contributed by atoms with E-state index in [4.69, 9.17) is 18.9 Å².